The van der Waals surface area contributed by atoms with Crippen LogP contribution < -0.4 is 0 Å². The molecule has 0 spiro atoms. The van der Waals surface area contributed by atoms with Crippen LogP contribution in [0.1, 0.15) is 182 Å². The highest BCUT2D eigenvalue weighted by atomic mass is 32.1. The fourth-order valence-electron chi connectivity index (χ4n) is 12.5. The van der Waals surface area contributed by atoms with E-state index >= 15 is 0 Å². The molecule has 0 saturated carbocycles. The summed E-state index contributed by atoms with van der Waals surface area (Å²) in [6.45, 7) is 6.82. The molecule has 0 N–H and O–H groups in total. The zero-order valence-electron chi connectivity index (χ0n) is 52.9. The minimum absolute atomic E-state index is 0.0301. The SMILES string of the molecule is CCCCCCCCc1ccc(-n2c(-c3cccs3)ccc2-c2ccc(C(=O)c3ccc(-c4ccc(-c5ccc(C(=O)c6ccc(-c7ccc(-c8cccs8)n7-c7ccc(CCCCCCCC)cc7)s6)s5)n4-c4ccc(CCCCCCCC)cc4)s3)s2)cc1. The van der Waals surface area contributed by atoms with E-state index < -0.39 is 0 Å². The Bertz CT molecular complexity index is 3980. The van der Waals surface area contributed by atoms with Crippen molar-refractivity contribution >= 4 is 79.6 Å². The first kappa shape index (κ1) is 64.2. The van der Waals surface area contributed by atoms with Crippen molar-refractivity contribution < 1.29 is 9.59 Å². The summed E-state index contributed by atoms with van der Waals surface area (Å²) in [5, 5.41) is 4.28. The van der Waals surface area contributed by atoms with Gasteiger partial charge in [0.05, 0.1) is 82.9 Å². The number of carbonyl (C=O) groups is 2. The summed E-state index contributed by atoms with van der Waals surface area (Å²) in [4.78, 5) is 38.8. The predicted molar refractivity (Wildman–Crippen MR) is 395 cm³/mol. The first-order valence-electron chi connectivity index (χ1n) is 33.4. The number of thiophene rings is 6. The van der Waals surface area contributed by atoms with Crippen molar-refractivity contribution in [3.63, 3.8) is 0 Å². The van der Waals surface area contributed by atoms with Gasteiger partial charge in [-0.3, -0.25) is 9.59 Å². The molecule has 0 atom stereocenters. The Morgan fingerprint density at radius 2 is 0.527 bits per heavy atom. The average Bonchev–Trinajstić information content (AvgIpc) is 1.78. The van der Waals surface area contributed by atoms with Crippen molar-refractivity contribution in [1.82, 2.24) is 13.7 Å². The molecule has 5 nitrogen and oxygen atoms in total. The van der Waals surface area contributed by atoms with Gasteiger partial charge in [-0.25, -0.2) is 0 Å². The number of rotatable bonds is 34. The summed E-state index contributed by atoms with van der Waals surface area (Å²) >= 11 is 9.71. The molecule has 0 unspecified atom stereocenters. The molecule has 9 aromatic heterocycles. The normalized spacial score (nSPS) is 11.6. The molecular weight excluding hydrogens is 1230 g/mol. The van der Waals surface area contributed by atoms with E-state index in [4.69, 9.17) is 0 Å². The molecule has 0 bridgehead atoms. The molecule has 0 fully saturated rings. The predicted octanol–water partition coefficient (Wildman–Crippen LogP) is 25.6. The molecule has 0 aliphatic carbocycles. The summed E-state index contributed by atoms with van der Waals surface area (Å²) in [7, 11) is 0. The van der Waals surface area contributed by atoms with Gasteiger partial charge in [-0.05, 0) is 199 Å². The van der Waals surface area contributed by atoms with E-state index in [2.05, 4.69) is 203 Å². The number of ketones is 2. The lowest BCUT2D eigenvalue weighted by molar-refractivity contribution is 0.103. The highest BCUT2D eigenvalue weighted by Crippen LogP contribution is 2.43. The monoisotopic (exact) mass is 1310 g/mol. The van der Waals surface area contributed by atoms with Gasteiger partial charge in [-0.15, -0.1) is 68.0 Å². The Morgan fingerprint density at radius 3 is 0.780 bits per heavy atom. The van der Waals surface area contributed by atoms with E-state index in [1.54, 1.807) is 68.0 Å². The third-order valence-electron chi connectivity index (χ3n) is 17.6. The van der Waals surface area contributed by atoms with Crippen molar-refractivity contribution in [2.45, 2.75) is 156 Å². The fraction of sp³-hybridized carbons (Fsp3) is 0.300. The highest BCUT2D eigenvalue weighted by Gasteiger charge is 2.25. The van der Waals surface area contributed by atoms with Crippen molar-refractivity contribution in [3.05, 3.63) is 229 Å². The van der Waals surface area contributed by atoms with Crippen LogP contribution in [0, 0.1) is 0 Å². The van der Waals surface area contributed by atoms with Crippen molar-refractivity contribution in [3.8, 4) is 80.5 Å². The topological polar surface area (TPSA) is 48.9 Å². The second-order valence-electron chi connectivity index (χ2n) is 24.1. The van der Waals surface area contributed by atoms with Crippen molar-refractivity contribution in [2.75, 3.05) is 0 Å². The summed E-state index contributed by atoms with van der Waals surface area (Å²) in [6, 6.07) is 65.6. The van der Waals surface area contributed by atoms with E-state index in [1.807, 2.05) is 24.3 Å². The lowest BCUT2D eigenvalue weighted by Crippen LogP contribution is -1.99. The van der Waals surface area contributed by atoms with E-state index in [0.29, 0.717) is 9.75 Å². The summed E-state index contributed by atoms with van der Waals surface area (Å²) in [5.74, 6) is 0.0603. The number of unbranched alkanes of at least 4 members (excludes halogenated alkanes) is 15. The molecule has 0 aliphatic heterocycles. The number of benzene rings is 3. The first-order chi connectivity index (χ1) is 44.8. The summed E-state index contributed by atoms with van der Waals surface area (Å²) in [6.07, 6.45) is 26.4. The molecule has 0 saturated heterocycles. The molecule has 0 amide bonds. The lowest BCUT2D eigenvalue weighted by atomic mass is 10.0. The largest absolute Gasteiger partial charge is 0.308 e. The molecule has 12 rings (SSSR count). The van der Waals surface area contributed by atoms with Crippen molar-refractivity contribution in [2.24, 2.45) is 0 Å². The summed E-state index contributed by atoms with van der Waals surface area (Å²) < 4.78 is 7.04. The second kappa shape index (κ2) is 31.6. The number of hydrogen-bond acceptors (Lipinski definition) is 8. The lowest BCUT2D eigenvalue weighted by Gasteiger charge is -2.13. The Balaban J connectivity index is 0.798. The Kier molecular flexibility index (Phi) is 22.3. The molecular formula is C80H83N3O2S6. The number of aromatic nitrogens is 3. The summed E-state index contributed by atoms with van der Waals surface area (Å²) in [5.41, 5.74) is 13.9. The molecule has 466 valence electrons. The number of hydrogen-bond donors (Lipinski definition) is 0. The Labute approximate surface area is 563 Å². The zero-order valence-corrected chi connectivity index (χ0v) is 57.8. The van der Waals surface area contributed by atoms with Gasteiger partial charge in [0, 0.05) is 17.1 Å². The molecule has 12 aromatic rings. The highest BCUT2D eigenvalue weighted by molar-refractivity contribution is 7.21. The third kappa shape index (κ3) is 15.4. The molecule has 91 heavy (non-hydrogen) atoms. The van der Waals surface area contributed by atoms with Crippen LogP contribution in [0.2, 0.25) is 0 Å². The number of carbonyl (C=O) groups excluding carboxylic acids is 2. The van der Waals surface area contributed by atoms with Gasteiger partial charge in [0.15, 0.2) is 0 Å². The molecule has 0 radical (unpaired) electrons. The number of aryl methyl sites for hydroxylation is 3. The van der Waals surface area contributed by atoms with Crippen LogP contribution in [0.3, 0.4) is 0 Å². The van der Waals surface area contributed by atoms with Crippen LogP contribution in [0.15, 0.2) is 193 Å². The average molecular weight is 1310 g/mol. The fourth-order valence-corrected chi connectivity index (χ4v) is 18.1. The van der Waals surface area contributed by atoms with Gasteiger partial charge >= 0.3 is 0 Å². The quantitative estimate of drug-likeness (QED) is 0.0298. The molecule has 3 aromatic carbocycles. The van der Waals surface area contributed by atoms with E-state index in [1.165, 1.54) is 142 Å². The standard InChI is InChI=1S/C80H83N3O2S6/c1-4-7-10-13-16-19-24-57-29-35-60(36-30-57)81-63(69-27-22-55-86-69)41-43-65(81)71-47-51-75(88-71)79(84)77-53-49-73(90-77)67-45-46-68(83(67)62-39-33-59(34-40-62)26-21-18-15-12-9-6-3)74-50-54-78(91-74)80(85)76-52-48-72(89-76)66-44-42-64(70-28-23-56-87-70)82(66)61-37-31-58(32-38-61)25-20-17-14-11-8-5-2/h22-23,27-56H,4-21,24-26H2,1-3H3. The maximum absolute atomic E-state index is 14.7. The third-order valence-corrected chi connectivity index (χ3v) is 23.8. The van der Waals surface area contributed by atoms with Crippen molar-refractivity contribution in [1.29, 1.82) is 0 Å². The van der Waals surface area contributed by atoms with E-state index in [0.717, 1.165) is 99.8 Å². The minimum Gasteiger partial charge on any atom is -0.308 e. The van der Waals surface area contributed by atoms with Gasteiger partial charge in [-0.2, -0.15) is 0 Å². The van der Waals surface area contributed by atoms with Crippen LogP contribution in [0.25, 0.3) is 80.5 Å². The van der Waals surface area contributed by atoms with Crippen LogP contribution in [-0.4, -0.2) is 25.3 Å². The van der Waals surface area contributed by atoms with Crippen LogP contribution in [0.4, 0.5) is 0 Å². The molecule has 11 heteroatoms. The molecule has 9 heterocycles. The van der Waals surface area contributed by atoms with E-state index in [-0.39, 0.29) is 11.6 Å². The van der Waals surface area contributed by atoms with Crippen LogP contribution in [-0.2, 0) is 19.3 Å². The molecule has 0 aliphatic rings. The minimum atomic E-state index is 0.0301. The smallest absolute Gasteiger partial charge is 0.212 e. The maximum atomic E-state index is 14.7. The van der Waals surface area contributed by atoms with Gasteiger partial charge in [-0.1, -0.05) is 166 Å². The van der Waals surface area contributed by atoms with Crippen LogP contribution in [0.5, 0.6) is 0 Å². The van der Waals surface area contributed by atoms with Gasteiger partial charge < -0.3 is 13.7 Å². The first-order valence-corrected chi connectivity index (χ1v) is 38.4. The van der Waals surface area contributed by atoms with Crippen LogP contribution >= 0.6 is 68.0 Å². The zero-order chi connectivity index (χ0) is 62.3. The second-order valence-corrected chi connectivity index (χ2v) is 30.4. The van der Waals surface area contributed by atoms with Gasteiger partial charge in [0.25, 0.3) is 0 Å². The Morgan fingerprint density at radius 1 is 0.275 bits per heavy atom. The van der Waals surface area contributed by atoms with E-state index in [9.17, 15) is 9.59 Å². The van der Waals surface area contributed by atoms with Gasteiger partial charge in [0.1, 0.15) is 0 Å². The van der Waals surface area contributed by atoms with Gasteiger partial charge in [0.2, 0.25) is 11.6 Å². The maximum Gasteiger partial charge on any atom is 0.212 e. The number of nitrogens with zero attached hydrogens (tertiary/aromatic N) is 3. The Hall–Kier alpha value is -6.96.